The SMILES string of the molecule is Nc1ncnc2c1nc(Sc1cc3c(cc1-c1ncco1)CCC3)n2CCNCCC(=O)NO. The van der Waals surface area contributed by atoms with Gasteiger partial charge in [0.1, 0.15) is 12.6 Å². The van der Waals surface area contributed by atoms with Crippen LogP contribution < -0.4 is 16.5 Å². The van der Waals surface area contributed by atoms with Gasteiger partial charge >= 0.3 is 0 Å². The highest BCUT2D eigenvalue weighted by Crippen LogP contribution is 2.40. The molecule has 176 valence electrons. The number of oxazole rings is 1. The van der Waals surface area contributed by atoms with Gasteiger partial charge in [0.25, 0.3) is 0 Å². The third-order valence-electron chi connectivity index (χ3n) is 5.75. The molecular formula is C22H24N8O3S. The van der Waals surface area contributed by atoms with E-state index in [4.69, 9.17) is 20.3 Å². The fraction of sp³-hybridized carbons (Fsp3) is 0.318. The standard InChI is InChI=1S/C22H24N8O3S/c23-19-18-20(27-12-26-19)30(8-6-24-5-4-17(31)29-32)22(28-18)34-16-11-14-3-1-2-13(14)10-15(16)21-25-7-9-33-21/h7,9-12,24,32H,1-6,8H2,(H,29,31)(H2,23,26,27). The van der Waals surface area contributed by atoms with E-state index in [9.17, 15) is 4.79 Å². The number of aryl methyl sites for hydroxylation is 2. The number of nitrogens with zero attached hydrogens (tertiary/aromatic N) is 5. The number of nitrogens with two attached hydrogens (primary N) is 1. The lowest BCUT2D eigenvalue weighted by molar-refractivity contribution is -0.129. The number of hydrogen-bond donors (Lipinski definition) is 4. The average molecular weight is 481 g/mol. The number of benzene rings is 1. The van der Waals surface area contributed by atoms with Crippen LogP contribution in [-0.2, 0) is 24.2 Å². The van der Waals surface area contributed by atoms with Crippen LogP contribution in [0, 0.1) is 0 Å². The average Bonchev–Trinajstić information content (AvgIpc) is 3.59. The number of amides is 1. The van der Waals surface area contributed by atoms with Gasteiger partial charge in [0.05, 0.1) is 11.8 Å². The Morgan fingerprint density at radius 1 is 1.21 bits per heavy atom. The number of fused-ring (bicyclic) bond motifs is 2. The predicted molar refractivity (Wildman–Crippen MR) is 125 cm³/mol. The number of hydroxylamine groups is 1. The predicted octanol–water partition coefficient (Wildman–Crippen LogP) is 2.19. The van der Waals surface area contributed by atoms with Crippen LogP contribution in [0.25, 0.3) is 22.6 Å². The molecule has 12 heteroatoms. The minimum atomic E-state index is -0.437. The Labute approximate surface area is 199 Å². The summed E-state index contributed by atoms with van der Waals surface area (Å²) in [5.74, 6) is 0.455. The van der Waals surface area contributed by atoms with Crippen molar-refractivity contribution in [3.63, 3.8) is 0 Å². The van der Waals surface area contributed by atoms with E-state index in [1.807, 2.05) is 4.57 Å². The summed E-state index contributed by atoms with van der Waals surface area (Å²) in [5, 5.41) is 12.6. The van der Waals surface area contributed by atoms with Crippen molar-refractivity contribution in [2.45, 2.75) is 42.3 Å². The van der Waals surface area contributed by atoms with Crippen molar-refractivity contribution < 1.29 is 14.4 Å². The molecule has 0 atom stereocenters. The first-order chi connectivity index (χ1) is 16.6. The lowest BCUT2D eigenvalue weighted by Gasteiger charge is -2.12. The molecule has 0 saturated heterocycles. The molecule has 0 aliphatic heterocycles. The third-order valence-corrected chi connectivity index (χ3v) is 6.80. The van der Waals surface area contributed by atoms with Crippen LogP contribution in [0.5, 0.6) is 0 Å². The maximum Gasteiger partial charge on any atom is 0.244 e. The van der Waals surface area contributed by atoms with E-state index in [2.05, 4.69) is 32.4 Å². The number of hydrogen-bond acceptors (Lipinski definition) is 10. The number of carbonyl (C=O) groups is 1. The number of rotatable bonds is 9. The van der Waals surface area contributed by atoms with Crippen LogP contribution in [0.1, 0.15) is 24.0 Å². The molecule has 5 rings (SSSR count). The minimum Gasteiger partial charge on any atom is -0.444 e. The maximum atomic E-state index is 11.2. The molecule has 0 radical (unpaired) electrons. The molecule has 4 aromatic rings. The number of nitrogen functional groups attached to an aromatic ring is 1. The van der Waals surface area contributed by atoms with Gasteiger partial charge in [0, 0.05) is 31.0 Å². The Hall–Kier alpha value is -3.48. The van der Waals surface area contributed by atoms with Crippen LogP contribution >= 0.6 is 11.8 Å². The summed E-state index contributed by atoms with van der Waals surface area (Å²) >= 11 is 1.52. The molecule has 1 amide bonds. The minimum absolute atomic E-state index is 0.173. The molecule has 0 unspecified atom stereocenters. The van der Waals surface area contributed by atoms with Crippen molar-refractivity contribution in [3.05, 3.63) is 42.0 Å². The fourth-order valence-corrected chi connectivity index (χ4v) is 5.17. The summed E-state index contributed by atoms with van der Waals surface area (Å²) < 4.78 is 7.62. The Morgan fingerprint density at radius 3 is 2.85 bits per heavy atom. The fourth-order valence-electron chi connectivity index (χ4n) is 4.10. The topological polar surface area (TPSA) is 157 Å². The zero-order valence-electron chi connectivity index (χ0n) is 18.3. The van der Waals surface area contributed by atoms with Gasteiger partial charge in [-0.1, -0.05) is 11.8 Å². The van der Waals surface area contributed by atoms with Crippen LogP contribution in [0.4, 0.5) is 5.82 Å². The van der Waals surface area contributed by atoms with Crippen LogP contribution in [0.2, 0.25) is 0 Å². The third kappa shape index (κ3) is 4.47. The molecule has 11 nitrogen and oxygen atoms in total. The van der Waals surface area contributed by atoms with Crippen molar-refractivity contribution in [1.29, 1.82) is 0 Å². The molecule has 1 aliphatic carbocycles. The summed E-state index contributed by atoms with van der Waals surface area (Å²) in [6.45, 7) is 1.55. The van der Waals surface area contributed by atoms with E-state index >= 15 is 0 Å². The second-order valence-electron chi connectivity index (χ2n) is 7.92. The maximum absolute atomic E-state index is 11.2. The second-order valence-corrected chi connectivity index (χ2v) is 8.93. The number of nitrogens with one attached hydrogen (secondary N) is 2. The van der Waals surface area contributed by atoms with E-state index in [1.54, 1.807) is 17.9 Å². The molecule has 3 aromatic heterocycles. The van der Waals surface area contributed by atoms with E-state index < -0.39 is 5.91 Å². The van der Waals surface area contributed by atoms with Crippen LogP contribution in [0.3, 0.4) is 0 Å². The summed E-state index contributed by atoms with van der Waals surface area (Å²) in [4.78, 5) is 29.9. The largest absolute Gasteiger partial charge is 0.444 e. The second kappa shape index (κ2) is 9.79. The van der Waals surface area contributed by atoms with Crippen molar-refractivity contribution in [2.75, 3.05) is 18.8 Å². The number of aromatic nitrogens is 5. The quantitative estimate of drug-likeness (QED) is 0.159. The zero-order chi connectivity index (χ0) is 23.5. The highest BCUT2D eigenvalue weighted by molar-refractivity contribution is 7.99. The molecule has 1 aliphatic rings. The molecule has 0 spiro atoms. The van der Waals surface area contributed by atoms with Gasteiger partial charge < -0.3 is 20.0 Å². The van der Waals surface area contributed by atoms with E-state index in [0.717, 1.165) is 34.9 Å². The summed E-state index contributed by atoms with van der Waals surface area (Å²) in [7, 11) is 0. The molecule has 0 bridgehead atoms. The first kappa shape index (κ1) is 22.3. The van der Waals surface area contributed by atoms with Gasteiger partial charge in [-0.25, -0.2) is 25.4 Å². The van der Waals surface area contributed by atoms with Gasteiger partial charge in [-0.15, -0.1) is 0 Å². The molecule has 0 fully saturated rings. The molecule has 34 heavy (non-hydrogen) atoms. The van der Waals surface area contributed by atoms with Crippen molar-refractivity contribution in [1.82, 2.24) is 35.3 Å². The number of anilines is 1. The lowest BCUT2D eigenvalue weighted by Crippen LogP contribution is -2.27. The molecule has 5 N–H and O–H groups in total. The summed E-state index contributed by atoms with van der Waals surface area (Å²) in [6, 6.07) is 4.38. The van der Waals surface area contributed by atoms with Crippen LogP contribution in [-0.4, -0.2) is 48.7 Å². The van der Waals surface area contributed by atoms with Crippen molar-refractivity contribution in [2.24, 2.45) is 0 Å². The smallest absolute Gasteiger partial charge is 0.244 e. The first-order valence-corrected chi connectivity index (χ1v) is 11.8. The number of carbonyl (C=O) groups excluding carboxylic acids is 1. The Bertz CT molecular complexity index is 1320. The Kier molecular flexibility index (Phi) is 6.43. The number of imidazole rings is 1. The summed E-state index contributed by atoms with van der Waals surface area (Å²) in [6.07, 6.45) is 8.06. The van der Waals surface area contributed by atoms with Gasteiger partial charge in [0.2, 0.25) is 11.8 Å². The lowest BCUT2D eigenvalue weighted by atomic mass is 10.1. The van der Waals surface area contributed by atoms with E-state index in [-0.39, 0.29) is 6.42 Å². The van der Waals surface area contributed by atoms with Crippen molar-refractivity contribution in [3.8, 4) is 11.5 Å². The Morgan fingerprint density at radius 2 is 2.06 bits per heavy atom. The van der Waals surface area contributed by atoms with Gasteiger partial charge in [-0.3, -0.25) is 10.0 Å². The van der Waals surface area contributed by atoms with Gasteiger partial charge in [-0.2, -0.15) is 0 Å². The highest BCUT2D eigenvalue weighted by atomic mass is 32.2. The first-order valence-electron chi connectivity index (χ1n) is 11.0. The molecule has 1 aromatic carbocycles. The van der Waals surface area contributed by atoms with E-state index in [1.165, 1.54) is 29.2 Å². The normalized spacial score (nSPS) is 12.9. The van der Waals surface area contributed by atoms with Crippen LogP contribution in [0.15, 0.2) is 45.4 Å². The molecular weight excluding hydrogens is 456 g/mol. The Balaban J connectivity index is 1.47. The van der Waals surface area contributed by atoms with Gasteiger partial charge in [0.15, 0.2) is 22.1 Å². The van der Waals surface area contributed by atoms with Gasteiger partial charge in [-0.05, 0) is 42.5 Å². The van der Waals surface area contributed by atoms with Crippen molar-refractivity contribution >= 4 is 34.7 Å². The monoisotopic (exact) mass is 480 g/mol. The summed E-state index contributed by atoms with van der Waals surface area (Å²) in [5.41, 5.74) is 12.5. The molecule has 3 heterocycles. The van der Waals surface area contributed by atoms with E-state index in [0.29, 0.717) is 42.5 Å². The molecule has 0 saturated carbocycles. The highest BCUT2D eigenvalue weighted by Gasteiger charge is 2.22. The zero-order valence-corrected chi connectivity index (χ0v) is 19.1.